The molecule has 0 saturated carbocycles. The van der Waals surface area contributed by atoms with Gasteiger partial charge in [0, 0.05) is 47.7 Å². The number of amidine groups is 2. The van der Waals surface area contributed by atoms with Crippen molar-refractivity contribution in [2.24, 2.45) is 9.98 Å². The van der Waals surface area contributed by atoms with Crippen molar-refractivity contribution in [3.05, 3.63) is 107 Å². The summed E-state index contributed by atoms with van der Waals surface area (Å²) in [4.78, 5) is 33.4. The minimum Gasteiger partial charge on any atom is -0.412 e. The van der Waals surface area contributed by atoms with Crippen molar-refractivity contribution >= 4 is 71.8 Å². The molecule has 41 heavy (non-hydrogen) atoms. The number of benzene rings is 3. The molecule has 0 unspecified atom stereocenters. The lowest BCUT2D eigenvalue weighted by atomic mass is 10.1. The van der Waals surface area contributed by atoms with Crippen LogP contribution in [-0.4, -0.2) is 55.1 Å². The van der Waals surface area contributed by atoms with E-state index in [2.05, 4.69) is 31.3 Å². The summed E-state index contributed by atoms with van der Waals surface area (Å²) in [6, 6.07) is 22.7. The maximum absolute atomic E-state index is 12.3. The highest BCUT2D eigenvalue weighted by molar-refractivity contribution is 6.04. The molecule has 11 heteroatoms. The second-order valence-electron chi connectivity index (χ2n) is 8.78. The number of aliphatic imine (C=N–C) groups is 2. The number of hydrogen-bond acceptors (Lipinski definition) is 6. The maximum Gasteiger partial charge on any atom is 0.248 e. The number of nitrogens with one attached hydrogen (secondary N) is 4. The largest absolute Gasteiger partial charge is 0.412 e. The first-order chi connectivity index (χ1) is 18.6. The number of carbonyl (C=O) groups is 2. The van der Waals surface area contributed by atoms with Crippen molar-refractivity contribution in [2.75, 3.05) is 36.8 Å². The lowest BCUT2D eigenvalue weighted by Crippen LogP contribution is -2.19. The van der Waals surface area contributed by atoms with Gasteiger partial charge < -0.3 is 26.7 Å². The summed E-state index contributed by atoms with van der Waals surface area (Å²) < 4.78 is 0. The van der Waals surface area contributed by atoms with Crippen LogP contribution >= 0.6 is 24.8 Å². The van der Waals surface area contributed by atoms with Crippen LogP contribution in [0.1, 0.15) is 22.3 Å². The Hall–Kier alpha value is -4.44. The molecule has 6 N–H and O–H groups in total. The summed E-state index contributed by atoms with van der Waals surface area (Å²) in [5, 5.41) is 12.2. The Balaban J connectivity index is 0.00000196. The summed E-state index contributed by atoms with van der Waals surface area (Å²) in [5.41, 5.74) is 5.20. The Morgan fingerprint density at radius 1 is 0.610 bits per heavy atom. The van der Waals surface area contributed by atoms with Crippen LogP contribution in [0.25, 0.3) is 12.2 Å². The van der Waals surface area contributed by atoms with Crippen LogP contribution < -0.4 is 21.3 Å². The highest BCUT2D eigenvalue weighted by atomic mass is 35.5. The lowest BCUT2D eigenvalue weighted by molar-refractivity contribution is -0.112. The average molecular weight is 596 g/mol. The van der Waals surface area contributed by atoms with Gasteiger partial charge in [0.25, 0.3) is 0 Å². The molecule has 5 rings (SSSR count). The van der Waals surface area contributed by atoms with E-state index in [-0.39, 0.29) is 42.1 Å². The molecule has 2 heterocycles. The summed E-state index contributed by atoms with van der Waals surface area (Å²) >= 11 is 0. The van der Waals surface area contributed by atoms with E-state index in [4.69, 9.17) is 0 Å². The van der Waals surface area contributed by atoms with E-state index < -0.39 is 0 Å². The average Bonchev–Trinajstić information content (AvgIpc) is 3.68. The monoisotopic (exact) mass is 594 g/mol. The molecule has 9 nitrogen and oxygen atoms in total. The highest BCUT2D eigenvalue weighted by Crippen LogP contribution is 2.14. The van der Waals surface area contributed by atoms with Gasteiger partial charge in [-0.1, -0.05) is 24.3 Å². The van der Waals surface area contributed by atoms with Gasteiger partial charge >= 0.3 is 0 Å². The molecule has 0 aromatic heterocycles. The Morgan fingerprint density at radius 2 is 0.976 bits per heavy atom. The fourth-order valence-electron chi connectivity index (χ4n) is 4.04. The number of halogens is 2. The van der Waals surface area contributed by atoms with Crippen LogP contribution in [0.4, 0.5) is 11.4 Å². The third kappa shape index (κ3) is 9.32. The van der Waals surface area contributed by atoms with Crippen LogP contribution in [0.3, 0.4) is 0 Å². The van der Waals surface area contributed by atoms with Crippen molar-refractivity contribution in [3.8, 4) is 0 Å². The number of anilines is 2. The van der Waals surface area contributed by atoms with Crippen molar-refractivity contribution in [1.82, 2.24) is 10.6 Å². The molecule has 214 valence electrons. The normalized spacial score (nSPS) is 13.6. The van der Waals surface area contributed by atoms with Crippen molar-refractivity contribution in [1.29, 1.82) is 0 Å². The van der Waals surface area contributed by atoms with Crippen LogP contribution in [-0.2, 0) is 9.59 Å². The van der Waals surface area contributed by atoms with Crippen molar-refractivity contribution < 1.29 is 15.1 Å². The fraction of sp³-hybridized carbons (Fsp3) is 0.133. The van der Waals surface area contributed by atoms with Gasteiger partial charge in [0.1, 0.15) is 11.7 Å². The van der Waals surface area contributed by atoms with Crippen LogP contribution in [0, 0.1) is 0 Å². The second kappa shape index (κ2) is 16.0. The van der Waals surface area contributed by atoms with Gasteiger partial charge in [-0.05, 0) is 71.8 Å². The van der Waals surface area contributed by atoms with E-state index in [9.17, 15) is 9.59 Å². The topological polar surface area (TPSA) is 138 Å². The summed E-state index contributed by atoms with van der Waals surface area (Å²) in [6.07, 6.45) is 6.49. The van der Waals surface area contributed by atoms with E-state index in [1.165, 1.54) is 12.2 Å². The Kier molecular flexibility index (Phi) is 12.8. The molecular formula is C30H32Cl2N6O3. The third-order valence-electron chi connectivity index (χ3n) is 5.99. The van der Waals surface area contributed by atoms with Gasteiger partial charge in [-0.15, -0.1) is 24.8 Å². The zero-order valence-electron chi connectivity index (χ0n) is 22.1. The molecule has 2 amide bonds. The van der Waals surface area contributed by atoms with Crippen LogP contribution in [0.5, 0.6) is 0 Å². The first-order valence-corrected chi connectivity index (χ1v) is 12.5. The molecular weight excluding hydrogens is 563 g/mol. The lowest BCUT2D eigenvalue weighted by Gasteiger charge is -2.05. The summed E-state index contributed by atoms with van der Waals surface area (Å²) in [5.74, 6) is 1.35. The number of nitrogens with zero attached hydrogens (tertiary/aromatic N) is 2. The third-order valence-corrected chi connectivity index (χ3v) is 5.99. The maximum atomic E-state index is 12.3. The zero-order chi connectivity index (χ0) is 26.2. The smallest absolute Gasteiger partial charge is 0.248 e. The number of rotatable bonds is 8. The molecule has 0 fully saturated rings. The van der Waals surface area contributed by atoms with Gasteiger partial charge in [0.15, 0.2) is 0 Å². The molecule has 2 aliphatic rings. The van der Waals surface area contributed by atoms with E-state index in [0.29, 0.717) is 0 Å². The molecule has 3 aromatic carbocycles. The SMILES string of the molecule is Cl.Cl.O.O=C(C=Cc1ccc(C=CC(=O)Nc2ccc(C3=NCCN3)cc2)cc1)Nc1ccc(C2=NCCN2)cc1. The molecule has 0 atom stereocenters. The first kappa shape index (κ1) is 32.8. The Labute approximate surface area is 251 Å². The van der Waals surface area contributed by atoms with Crippen LogP contribution in [0.15, 0.2) is 94.9 Å². The first-order valence-electron chi connectivity index (χ1n) is 12.5. The van der Waals surface area contributed by atoms with E-state index >= 15 is 0 Å². The summed E-state index contributed by atoms with van der Waals surface area (Å²) in [7, 11) is 0. The Bertz CT molecular complexity index is 1320. The van der Waals surface area contributed by atoms with Gasteiger partial charge in [0.05, 0.1) is 13.1 Å². The van der Waals surface area contributed by atoms with E-state index in [1.54, 1.807) is 12.2 Å². The minimum atomic E-state index is -0.213. The van der Waals surface area contributed by atoms with Gasteiger partial charge in [-0.3, -0.25) is 19.6 Å². The molecule has 0 aliphatic carbocycles. The van der Waals surface area contributed by atoms with Crippen molar-refractivity contribution in [2.45, 2.75) is 0 Å². The molecule has 3 aromatic rings. The molecule has 0 radical (unpaired) electrons. The zero-order valence-corrected chi connectivity index (χ0v) is 23.7. The second-order valence-corrected chi connectivity index (χ2v) is 8.78. The highest BCUT2D eigenvalue weighted by Gasteiger charge is 2.09. The van der Waals surface area contributed by atoms with Crippen LogP contribution in [0.2, 0.25) is 0 Å². The molecule has 0 spiro atoms. The predicted octanol–water partition coefficient (Wildman–Crippen LogP) is 3.71. The fourth-order valence-corrected chi connectivity index (χ4v) is 4.04. The van der Waals surface area contributed by atoms with Gasteiger partial charge in [0.2, 0.25) is 11.8 Å². The molecule has 0 bridgehead atoms. The molecule has 0 saturated heterocycles. The predicted molar refractivity (Wildman–Crippen MR) is 172 cm³/mol. The van der Waals surface area contributed by atoms with Gasteiger partial charge in [-0.25, -0.2) is 0 Å². The van der Waals surface area contributed by atoms with Crippen molar-refractivity contribution in [3.63, 3.8) is 0 Å². The van der Waals surface area contributed by atoms with E-state index in [0.717, 1.165) is 71.5 Å². The van der Waals surface area contributed by atoms with Gasteiger partial charge in [-0.2, -0.15) is 0 Å². The standard InChI is InChI=1S/C30H28N6O2.2ClH.H2O/c37-27(35-25-11-7-23(8-12-25)29-31-17-18-32-29)15-5-21-1-2-22(4-3-21)6-16-28(38)36-26-13-9-24(10-14-26)30-33-19-20-34-30;;;/h1-16H,17-20H2,(H,31,32)(H,33,34)(H,35,37)(H,36,38);2*1H;1H2. The van der Waals surface area contributed by atoms with E-state index in [1.807, 2.05) is 72.8 Å². The summed E-state index contributed by atoms with van der Waals surface area (Å²) in [6.45, 7) is 3.29. The minimum absolute atomic E-state index is 0. The number of hydrogen-bond donors (Lipinski definition) is 4. The Morgan fingerprint density at radius 3 is 1.29 bits per heavy atom. The number of carbonyl (C=O) groups excluding carboxylic acids is 2. The quantitative estimate of drug-likeness (QED) is 0.295. The molecule has 2 aliphatic heterocycles. The number of amides is 2.